The molecule has 1 heterocycles. The maximum absolute atomic E-state index is 5.54. The molecule has 0 fully saturated rings. The predicted molar refractivity (Wildman–Crippen MR) is 28.4 cm³/mol. The predicted octanol–water partition coefficient (Wildman–Crippen LogP) is 1.40. The van der Waals surface area contributed by atoms with Gasteiger partial charge in [-0.3, -0.25) is 0 Å². The molecule has 0 nitrogen and oxygen atoms in total. The van der Waals surface area contributed by atoms with E-state index in [0.29, 0.717) is 14.5 Å². The van der Waals surface area contributed by atoms with Gasteiger partial charge in [0, 0.05) is 0 Å². The van der Waals surface area contributed by atoms with Crippen LogP contribution in [0.15, 0.2) is 17.1 Å². The molecule has 0 N–H and O–H groups in total. The van der Waals surface area contributed by atoms with E-state index in [0.717, 1.165) is 3.90 Å². The third-order valence-corrected chi connectivity index (χ3v) is 2.45. The fraction of sp³-hybridized carbons (Fsp3) is 0. The van der Waals surface area contributed by atoms with Crippen LogP contribution in [0.4, 0.5) is 0 Å². The van der Waals surface area contributed by atoms with Crippen LogP contribution in [0, 0.1) is 0 Å². The van der Waals surface area contributed by atoms with Crippen molar-refractivity contribution in [3.63, 3.8) is 0 Å². The van der Waals surface area contributed by atoms with Crippen LogP contribution in [-0.4, -0.2) is 14.5 Å². The Morgan fingerprint density at radius 2 is 2.50 bits per heavy atom. The molecule has 1 aromatic rings. The summed E-state index contributed by atoms with van der Waals surface area (Å²) in [6.45, 7) is 0. The van der Waals surface area contributed by atoms with Gasteiger partial charge in [0.25, 0.3) is 0 Å². The molecule has 0 atom stereocenters. The molecule has 0 amide bonds. The topological polar surface area (TPSA) is 0 Å². The monoisotopic (exact) mass is 166 g/mol. The first-order valence-electron chi connectivity index (χ1n) is 1.58. The molecule has 2 heteroatoms. The summed E-state index contributed by atoms with van der Waals surface area (Å²) in [5.41, 5.74) is 0. The molecule has 1 aromatic heterocycles. The zero-order valence-corrected chi connectivity index (χ0v) is 5.49. The zero-order chi connectivity index (χ0) is 4.41. The van der Waals surface area contributed by atoms with Gasteiger partial charge in [0.15, 0.2) is 0 Å². The van der Waals surface area contributed by atoms with Crippen LogP contribution in [0.5, 0.6) is 0 Å². The standard InChI is InChI=1S/C4H3ClSe/c5-4-2-1-3-6-4/h1-3H. The molecule has 0 bridgehead atoms. The summed E-state index contributed by atoms with van der Waals surface area (Å²) in [5.74, 6) is 0. The number of hydrogen-bond donors (Lipinski definition) is 0. The molecule has 0 radical (unpaired) electrons. The number of hydrogen-bond acceptors (Lipinski definition) is 0. The Morgan fingerprint density at radius 3 is 2.67 bits per heavy atom. The van der Waals surface area contributed by atoms with Gasteiger partial charge >= 0.3 is 47.1 Å². The number of halogens is 1. The maximum atomic E-state index is 5.54. The third kappa shape index (κ3) is 0.874. The number of rotatable bonds is 0. The Bertz CT molecular complexity index is 111. The van der Waals surface area contributed by atoms with E-state index in [1.54, 1.807) is 0 Å². The van der Waals surface area contributed by atoms with Gasteiger partial charge < -0.3 is 0 Å². The quantitative estimate of drug-likeness (QED) is 0.510. The Kier molecular flexibility index (Phi) is 1.36. The van der Waals surface area contributed by atoms with Crippen LogP contribution >= 0.6 is 11.6 Å². The molecule has 32 valence electrons. The molecular weight excluding hydrogens is 162 g/mol. The molecule has 1 rings (SSSR count). The second-order valence-electron chi connectivity index (χ2n) is 0.917. The van der Waals surface area contributed by atoms with E-state index in [1.807, 2.05) is 12.1 Å². The molecule has 0 saturated carbocycles. The molecular formula is C4H3ClSe. The van der Waals surface area contributed by atoms with Crippen molar-refractivity contribution in [2.75, 3.05) is 0 Å². The van der Waals surface area contributed by atoms with Gasteiger partial charge in [0.2, 0.25) is 0 Å². The molecule has 0 saturated heterocycles. The molecule has 0 aromatic carbocycles. The first-order valence-corrected chi connectivity index (χ1v) is 3.81. The van der Waals surface area contributed by atoms with Gasteiger partial charge in [-0.25, -0.2) is 0 Å². The summed E-state index contributed by atoms with van der Waals surface area (Å²) < 4.78 is 1.00. The molecule has 0 aliphatic carbocycles. The molecule has 6 heavy (non-hydrogen) atoms. The molecule has 0 aliphatic heterocycles. The fourth-order valence-electron chi connectivity index (χ4n) is 0.259. The summed E-state index contributed by atoms with van der Waals surface area (Å²) >= 11 is 6.01. The van der Waals surface area contributed by atoms with Gasteiger partial charge in [-0.2, -0.15) is 0 Å². The average molecular weight is 165 g/mol. The van der Waals surface area contributed by atoms with Crippen LogP contribution in [0.1, 0.15) is 0 Å². The van der Waals surface area contributed by atoms with Crippen molar-refractivity contribution in [3.8, 4) is 0 Å². The third-order valence-electron chi connectivity index (χ3n) is 0.486. The van der Waals surface area contributed by atoms with Crippen molar-refractivity contribution >= 4 is 26.1 Å². The van der Waals surface area contributed by atoms with Crippen LogP contribution in [0.25, 0.3) is 0 Å². The second kappa shape index (κ2) is 1.83. The van der Waals surface area contributed by atoms with E-state index in [2.05, 4.69) is 4.94 Å². The first kappa shape index (κ1) is 4.45. The van der Waals surface area contributed by atoms with Gasteiger partial charge in [0.1, 0.15) is 0 Å². The summed E-state index contributed by atoms with van der Waals surface area (Å²) in [6.07, 6.45) is 0. The average Bonchev–Trinajstić information content (AvgIpc) is 1.86. The van der Waals surface area contributed by atoms with Gasteiger partial charge in [-0.1, -0.05) is 0 Å². The van der Waals surface area contributed by atoms with Gasteiger partial charge in [-0.15, -0.1) is 0 Å². The van der Waals surface area contributed by atoms with Crippen LogP contribution in [0.2, 0.25) is 3.90 Å². The van der Waals surface area contributed by atoms with E-state index < -0.39 is 0 Å². The van der Waals surface area contributed by atoms with E-state index in [9.17, 15) is 0 Å². The van der Waals surface area contributed by atoms with Gasteiger partial charge in [0.05, 0.1) is 0 Å². The summed E-state index contributed by atoms with van der Waals surface area (Å²) in [4.78, 5) is 2.09. The van der Waals surface area contributed by atoms with Crippen LogP contribution in [0.3, 0.4) is 0 Å². The minimum absolute atomic E-state index is 0.474. The normalized spacial score (nSPS) is 8.83. The zero-order valence-electron chi connectivity index (χ0n) is 3.02. The van der Waals surface area contributed by atoms with E-state index >= 15 is 0 Å². The van der Waals surface area contributed by atoms with E-state index in [-0.39, 0.29) is 0 Å². The Balaban J connectivity index is 3.05. The van der Waals surface area contributed by atoms with Crippen molar-refractivity contribution < 1.29 is 0 Å². The van der Waals surface area contributed by atoms with Crippen molar-refractivity contribution in [1.82, 2.24) is 0 Å². The van der Waals surface area contributed by atoms with Crippen LogP contribution < -0.4 is 0 Å². The van der Waals surface area contributed by atoms with Crippen molar-refractivity contribution in [2.45, 2.75) is 0 Å². The summed E-state index contributed by atoms with van der Waals surface area (Å²) in [7, 11) is 0. The van der Waals surface area contributed by atoms with Crippen molar-refractivity contribution in [2.24, 2.45) is 0 Å². The SMILES string of the molecule is Clc1ccc[se]1. The van der Waals surface area contributed by atoms with Gasteiger partial charge in [-0.05, 0) is 0 Å². The second-order valence-corrected chi connectivity index (χ2v) is 3.82. The Morgan fingerprint density at radius 1 is 1.67 bits per heavy atom. The van der Waals surface area contributed by atoms with E-state index in [1.165, 1.54) is 0 Å². The Labute approximate surface area is 47.5 Å². The van der Waals surface area contributed by atoms with Crippen molar-refractivity contribution in [1.29, 1.82) is 0 Å². The van der Waals surface area contributed by atoms with E-state index in [4.69, 9.17) is 11.6 Å². The summed E-state index contributed by atoms with van der Waals surface area (Å²) in [6, 6.07) is 3.92. The fourth-order valence-corrected chi connectivity index (χ4v) is 1.53. The molecule has 0 aliphatic rings. The minimum atomic E-state index is 0.474. The molecule has 0 spiro atoms. The first-order chi connectivity index (χ1) is 2.89. The van der Waals surface area contributed by atoms with Crippen molar-refractivity contribution in [3.05, 3.63) is 21.0 Å². The van der Waals surface area contributed by atoms with Crippen LogP contribution in [-0.2, 0) is 0 Å². The summed E-state index contributed by atoms with van der Waals surface area (Å²) in [5, 5.41) is 0. The molecule has 0 unspecified atom stereocenters. The Hall–Kier alpha value is 0.289.